The van der Waals surface area contributed by atoms with Crippen molar-refractivity contribution in [1.29, 1.82) is 0 Å². The standard InChI is InChI=1S/C22H26N6O3S/c1-16-4-5-18(31-3)19(14-16)32(29,30)28-12-10-27(11-13-28)22-7-6-20(25-26-22)24-21-15-17(2)8-9-23-21/h4-9,14-15H,10-13H2,1-3H3,(H,23,24,25). The number of hydrogen-bond acceptors (Lipinski definition) is 8. The molecule has 3 aromatic rings. The fourth-order valence-electron chi connectivity index (χ4n) is 3.58. The Balaban J connectivity index is 1.42. The highest BCUT2D eigenvalue weighted by Gasteiger charge is 2.31. The lowest BCUT2D eigenvalue weighted by Crippen LogP contribution is -2.49. The Morgan fingerprint density at radius 2 is 1.66 bits per heavy atom. The molecule has 0 saturated carbocycles. The van der Waals surface area contributed by atoms with Crippen LogP contribution in [0.4, 0.5) is 17.5 Å². The summed E-state index contributed by atoms with van der Waals surface area (Å²) in [6.45, 7) is 5.62. The van der Waals surface area contributed by atoms with Crippen molar-refractivity contribution >= 4 is 27.5 Å². The van der Waals surface area contributed by atoms with E-state index in [1.807, 2.05) is 49.1 Å². The normalized spacial score (nSPS) is 14.9. The monoisotopic (exact) mass is 454 g/mol. The Morgan fingerprint density at radius 1 is 0.906 bits per heavy atom. The summed E-state index contributed by atoms with van der Waals surface area (Å²) in [6.07, 6.45) is 1.74. The van der Waals surface area contributed by atoms with Gasteiger partial charge >= 0.3 is 0 Å². The second-order valence-electron chi connectivity index (χ2n) is 7.67. The van der Waals surface area contributed by atoms with Crippen molar-refractivity contribution < 1.29 is 13.2 Å². The molecule has 4 rings (SSSR count). The molecule has 1 aliphatic heterocycles. The van der Waals surface area contributed by atoms with E-state index in [1.165, 1.54) is 11.4 Å². The lowest BCUT2D eigenvalue weighted by molar-refractivity contribution is 0.373. The number of ether oxygens (including phenoxy) is 1. The van der Waals surface area contributed by atoms with Crippen molar-refractivity contribution in [2.45, 2.75) is 18.7 Å². The number of anilines is 3. The molecule has 1 aliphatic rings. The molecule has 0 unspecified atom stereocenters. The lowest BCUT2D eigenvalue weighted by Gasteiger charge is -2.34. The number of nitrogens with one attached hydrogen (secondary N) is 1. The first-order valence-electron chi connectivity index (χ1n) is 10.3. The molecule has 0 amide bonds. The highest BCUT2D eigenvalue weighted by Crippen LogP contribution is 2.29. The van der Waals surface area contributed by atoms with Gasteiger partial charge in [-0.15, -0.1) is 10.2 Å². The number of benzene rings is 1. The predicted octanol–water partition coefficient (Wildman–Crippen LogP) is 2.75. The summed E-state index contributed by atoms with van der Waals surface area (Å²) in [4.78, 5) is 6.49. The molecular weight excluding hydrogens is 428 g/mol. The molecule has 0 bridgehead atoms. The SMILES string of the molecule is COc1ccc(C)cc1S(=O)(=O)N1CCN(c2ccc(Nc3cc(C)ccn3)nn2)CC1. The van der Waals surface area contributed by atoms with Gasteiger partial charge in [-0.1, -0.05) is 6.07 Å². The van der Waals surface area contributed by atoms with E-state index in [-0.39, 0.29) is 4.90 Å². The summed E-state index contributed by atoms with van der Waals surface area (Å²) < 4.78 is 33.2. The van der Waals surface area contributed by atoms with Crippen LogP contribution in [0.15, 0.2) is 53.6 Å². The maximum absolute atomic E-state index is 13.2. The Labute approximate surface area is 188 Å². The van der Waals surface area contributed by atoms with Crippen LogP contribution in [-0.4, -0.2) is 61.2 Å². The molecular formula is C22H26N6O3S. The summed E-state index contributed by atoms with van der Waals surface area (Å²) in [6, 6.07) is 12.7. The van der Waals surface area contributed by atoms with Gasteiger partial charge in [-0.25, -0.2) is 13.4 Å². The van der Waals surface area contributed by atoms with Crippen LogP contribution in [0.5, 0.6) is 5.75 Å². The zero-order chi connectivity index (χ0) is 22.7. The van der Waals surface area contributed by atoms with E-state index >= 15 is 0 Å². The van der Waals surface area contributed by atoms with Gasteiger partial charge in [0.15, 0.2) is 11.6 Å². The summed E-state index contributed by atoms with van der Waals surface area (Å²) in [7, 11) is -2.17. The van der Waals surface area contributed by atoms with Crippen LogP contribution in [-0.2, 0) is 10.0 Å². The molecule has 1 saturated heterocycles. The number of pyridine rings is 1. The maximum Gasteiger partial charge on any atom is 0.246 e. The summed E-state index contributed by atoms with van der Waals surface area (Å²) >= 11 is 0. The van der Waals surface area contributed by atoms with Gasteiger partial charge in [0.05, 0.1) is 7.11 Å². The fourth-order valence-corrected chi connectivity index (χ4v) is 5.24. The van der Waals surface area contributed by atoms with Gasteiger partial charge in [0.2, 0.25) is 10.0 Å². The third-order valence-corrected chi connectivity index (χ3v) is 7.24. The van der Waals surface area contributed by atoms with E-state index in [4.69, 9.17) is 4.74 Å². The van der Waals surface area contributed by atoms with Gasteiger partial charge in [0.25, 0.3) is 0 Å². The summed E-state index contributed by atoms with van der Waals surface area (Å²) in [5, 5.41) is 11.7. The van der Waals surface area contributed by atoms with E-state index in [0.717, 1.165) is 11.1 Å². The van der Waals surface area contributed by atoms with E-state index < -0.39 is 10.0 Å². The zero-order valence-corrected chi connectivity index (χ0v) is 19.1. The molecule has 10 heteroatoms. The van der Waals surface area contributed by atoms with Crippen molar-refractivity contribution in [1.82, 2.24) is 19.5 Å². The second-order valence-corrected chi connectivity index (χ2v) is 9.57. The van der Waals surface area contributed by atoms with Crippen LogP contribution in [0.25, 0.3) is 0 Å². The largest absolute Gasteiger partial charge is 0.495 e. The lowest BCUT2D eigenvalue weighted by atomic mass is 10.2. The number of methoxy groups -OCH3 is 1. The van der Waals surface area contributed by atoms with Gasteiger partial charge in [0, 0.05) is 32.4 Å². The van der Waals surface area contributed by atoms with Crippen LogP contribution in [0.3, 0.4) is 0 Å². The van der Waals surface area contributed by atoms with E-state index in [0.29, 0.717) is 49.4 Å². The highest BCUT2D eigenvalue weighted by atomic mass is 32.2. The predicted molar refractivity (Wildman–Crippen MR) is 123 cm³/mol. The Bertz CT molecular complexity index is 1190. The third-order valence-electron chi connectivity index (χ3n) is 5.32. The van der Waals surface area contributed by atoms with Crippen LogP contribution < -0.4 is 15.0 Å². The van der Waals surface area contributed by atoms with Crippen LogP contribution in [0.1, 0.15) is 11.1 Å². The van der Waals surface area contributed by atoms with Gasteiger partial charge in [0.1, 0.15) is 16.5 Å². The van der Waals surface area contributed by atoms with Gasteiger partial charge in [-0.05, 0) is 61.4 Å². The number of sulfonamides is 1. The van der Waals surface area contributed by atoms with Gasteiger partial charge < -0.3 is 15.0 Å². The molecule has 2 aromatic heterocycles. The minimum atomic E-state index is -3.65. The molecule has 1 aromatic carbocycles. The molecule has 0 atom stereocenters. The first kappa shape index (κ1) is 22.0. The Kier molecular flexibility index (Phi) is 6.24. The molecule has 1 fully saturated rings. The zero-order valence-electron chi connectivity index (χ0n) is 18.3. The van der Waals surface area contributed by atoms with Crippen LogP contribution >= 0.6 is 0 Å². The Morgan fingerprint density at radius 3 is 2.31 bits per heavy atom. The smallest absolute Gasteiger partial charge is 0.246 e. The van der Waals surface area contributed by atoms with Crippen molar-refractivity contribution in [2.24, 2.45) is 0 Å². The number of nitrogens with zero attached hydrogens (tertiary/aromatic N) is 5. The molecule has 0 aliphatic carbocycles. The van der Waals surface area contributed by atoms with E-state index in [2.05, 4.69) is 20.5 Å². The Hall–Kier alpha value is -3.24. The topological polar surface area (TPSA) is 101 Å². The van der Waals surface area contributed by atoms with E-state index in [9.17, 15) is 8.42 Å². The number of rotatable bonds is 6. The summed E-state index contributed by atoms with van der Waals surface area (Å²) in [5.41, 5.74) is 1.97. The first-order chi connectivity index (χ1) is 15.4. The minimum Gasteiger partial charge on any atom is -0.495 e. The molecule has 0 radical (unpaired) electrons. The molecule has 1 N–H and O–H groups in total. The molecule has 168 valence electrons. The molecule has 32 heavy (non-hydrogen) atoms. The minimum absolute atomic E-state index is 0.202. The van der Waals surface area contributed by atoms with E-state index in [1.54, 1.807) is 18.3 Å². The van der Waals surface area contributed by atoms with Crippen molar-refractivity contribution in [3.63, 3.8) is 0 Å². The van der Waals surface area contributed by atoms with Gasteiger partial charge in [-0.2, -0.15) is 4.31 Å². The second kappa shape index (κ2) is 9.09. The average molecular weight is 455 g/mol. The van der Waals surface area contributed by atoms with Crippen molar-refractivity contribution in [3.05, 3.63) is 59.8 Å². The number of piperazine rings is 1. The maximum atomic E-state index is 13.2. The highest BCUT2D eigenvalue weighted by molar-refractivity contribution is 7.89. The number of aromatic nitrogens is 3. The molecule has 3 heterocycles. The van der Waals surface area contributed by atoms with Crippen molar-refractivity contribution in [2.75, 3.05) is 43.5 Å². The first-order valence-corrected chi connectivity index (χ1v) is 11.7. The van der Waals surface area contributed by atoms with Gasteiger partial charge in [-0.3, -0.25) is 0 Å². The summed E-state index contributed by atoms with van der Waals surface area (Å²) in [5.74, 6) is 2.37. The molecule has 0 spiro atoms. The fraction of sp³-hybridized carbons (Fsp3) is 0.318. The number of hydrogen-bond donors (Lipinski definition) is 1. The third kappa shape index (κ3) is 4.66. The average Bonchev–Trinajstić information content (AvgIpc) is 2.80. The molecule has 9 nitrogen and oxygen atoms in total. The number of aryl methyl sites for hydroxylation is 2. The van der Waals surface area contributed by atoms with Crippen LogP contribution in [0.2, 0.25) is 0 Å². The van der Waals surface area contributed by atoms with Crippen molar-refractivity contribution in [3.8, 4) is 5.75 Å². The van der Waals surface area contributed by atoms with Crippen LogP contribution in [0, 0.1) is 13.8 Å². The quantitative estimate of drug-likeness (QED) is 0.607.